The van der Waals surface area contributed by atoms with E-state index in [0.717, 1.165) is 11.1 Å². The first-order valence-corrected chi connectivity index (χ1v) is 11.0. The minimum absolute atomic E-state index is 0.0443. The van der Waals surface area contributed by atoms with Crippen molar-refractivity contribution in [2.24, 2.45) is 0 Å². The van der Waals surface area contributed by atoms with Gasteiger partial charge in [0, 0.05) is 25.1 Å². The molecule has 0 aromatic heterocycles. The van der Waals surface area contributed by atoms with Crippen molar-refractivity contribution in [3.8, 4) is 5.75 Å². The lowest BCUT2D eigenvalue weighted by Crippen LogP contribution is -2.51. The van der Waals surface area contributed by atoms with E-state index < -0.39 is 17.8 Å². The molecule has 0 saturated heterocycles. The van der Waals surface area contributed by atoms with Crippen molar-refractivity contribution >= 4 is 11.8 Å². The number of ether oxygens (including phenoxy) is 1. The van der Waals surface area contributed by atoms with Crippen LogP contribution in [0.1, 0.15) is 23.6 Å². The number of rotatable bonds is 10. The highest BCUT2D eigenvalue weighted by atomic mass is 19.1. The Hall–Kier alpha value is -3.67. The minimum Gasteiger partial charge on any atom is -0.484 e. The minimum atomic E-state index is -0.819. The maximum absolute atomic E-state index is 14.5. The lowest BCUT2D eigenvalue weighted by Gasteiger charge is -2.31. The average Bonchev–Trinajstić information content (AvgIpc) is 2.82. The summed E-state index contributed by atoms with van der Waals surface area (Å²) < 4.78 is 20.2. The van der Waals surface area contributed by atoms with Gasteiger partial charge in [0.1, 0.15) is 17.6 Å². The first-order valence-electron chi connectivity index (χ1n) is 11.0. The summed E-state index contributed by atoms with van der Waals surface area (Å²) >= 11 is 0. The van der Waals surface area contributed by atoms with Gasteiger partial charge in [-0.1, -0.05) is 60.7 Å². The van der Waals surface area contributed by atoms with E-state index in [1.165, 1.54) is 11.0 Å². The van der Waals surface area contributed by atoms with Gasteiger partial charge in [0.25, 0.3) is 5.91 Å². The van der Waals surface area contributed by atoms with E-state index in [4.69, 9.17) is 4.74 Å². The van der Waals surface area contributed by atoms with Gasteiger partial charge >= 0.3 is 0 Å². The largest absolute Gasteiger partial charge is 0.484 e. The second-order valence-corrected chi connectivity index (χ2v) is 7.82. The van der Waals surface area contributed by atoms with Crippen LogP contribution in [0.5, 0.6) is 5.75 Å². The second kappa shape index (κ2) is 11.8. The summed E-state index contributed by atoms with van der Waals surface area (Å²) in [5, 5.41) is 2.82. The van der Waals surface area contributed by atoms with Crippen LogP contribution in [0.2, 0.25) is 0 Å². The zero-order chi connectivity index (χ0) is 23.6. The molecule has 0 heterocycles. The molecule has 3 aromatic rings. The third-order valence-electron chi connectivity index (χ3n) is 5.27. The number of carbonyl (C=O) groups excluding carboxylic acids is 2. The Morgan fingerprint density at radius 2 is 1.73 bits per heavy atom. The van der Waals surface area contributed by atoms with Crippen LogP contribution in [0, 0.1) is 12.7 Å². The van der Waals surface area contributed by atoms with Crippen LogP contribution in [0.15, 0.2) is 78.9 Å². The molecule has 3 rings (SSSR count). The summed E-state index contributed by atoms with van der Waals surface area (Å²) in [6, 6.07) is 22.3. The van der Waals surface area contributed by atoms with Gasteiger partial charge in [-0.15, -0.1) is 0 Å². The number of likely N-dealkylation sites (N-methyl/N-ethyl adjacent to an activating group) is 1. The zero-order valence-corrected chi connectivity index (χ0v) is 19.0. The molecular formula is C27H29FN2O3. The van der Waals surface area contributed by atoms with Crippen molar-refractivity contribution in [3.63, 3.8) is 0 Å². The van der Waals surface area contributed by atoms with Crippen LogP contribution in [-0.2, 0) is 22.6 Å². The number of benzene rings is 3. The first kappa shape index (κ1) is 24.0. The highest BCUT2D eigenvalue weighted by Gasteiger charge is 2.31. The van der Waals surface area contributed by atoms with Crippen molar-refractivity contribution in [3.05, 3.63) is 101 Å². The number of aryl methyl sites for hydroxylation is 1. The fourth-order valence-electron chi connectivity index (χ4n) is 3.59. The van der Waals surface area contributed by atoms with Gasteiger partial charge in [-0.05, 0) is 43.2 Å². The van der Waals surface area contributed by atoms with Crippen molar-refractivity contribution < 1.29 is 18.7 Å². The topological polar surface area (TPSA) is 58.6 Å². The summed E-state index contributed by atoms with van der Waals surface area (Å²) in [6.07, 6.45) is 0.303. The number of carbonyl (C=O) groups is 2. The summed E-state index contributed by atoms with van der Waals surface area (Å²) in [7, 11) is 0. The predicted molar refractivity (Wildman–Crippen MR) is 126 cm³/mol. The van der Waals surface area contributed by atoms with E-state index in [0.29, 0.717) is 24.3 Å². The fourth-order valence-corrected chi connectivity index (χ4v) is 3.59. The van der Waals surface area contributed by atoms with Gasteiger partial charge in [-0.3, -0.25) is 9.59 Å². The summed E-state index contributed by atoms with van der Waals surface area (Å²) in [6.45, 7) is 3.87. The van der Waals surface area contributed by atoms with Crippen molar-refractivity contribution in [2.45, 2.75) is 32.9 Å². The van der Waals surface area contributed by atoms with Crippen molar-refractivity contribution in [1.82, 2.24) is 10.2 Å². The molecule has 0 radical (unpaired) electrons. The molecule has 1 N–H and O–H groups in total. The van der Waals surface area contributed by atoms with Gasteiger partial charge in [0.2, 0.25) is 5.91 Å². The number of amides is 2. The highest BCUT2D eigenvalue weighted by Crippen LogP contribution is 2.18. The van der Waals surface area contributed by atoms with Gasteiger partial charge in [0.15, 0.2) is 6.61 Å². The molecule has 0 saturated carbocycles. The zero-order valence-electron chi connectivity index (χ0n) is 19.0. The van der Waals surface area contributed by atoms with Gasteiger partial charge in [-0.2, -0.15) is 0 Å². The standard InChI is InChI=1S/C27H29FN2O3/c1-3-29-27(32)25(17-21-11-5-4-6-12-21)30(18-22-13-7-8-15-24(22)28)26(31)19-33-23-14-9-10-20(2)16-23/h4-16,25H,3,17-19H2,1-2H3,(H,29,32)/t25-/m0/s1. The van der Waals surface area contributed by atoms with Crippen LogP contribution < -0.4 is 10.1 Å². The van der Waals surface area contributed by atoms with E-state index in [2.05, 4.69) is 5.32 Å². The predicted octanol–water partition coefficient (Wildman–Crippen LogP) is 4.29. The number of halogens is 1. The fraction of sp³-hybridized carbons (Fsp3) is 0.259. The maximum Gasteiger partial charge on any atom is 0.261 e. The molecule has 6 heteroatoms. The monoisotopic (exact) mass is 448 g/mol. The summed E-state index contributed by atoms with van der Waals surface area (Å²) in [4.78, 5) is 27.8. The number of hydrogen-bond donors (Lipinski definition) is 1. The second-order valence-electron chi connectivity index (χ2n) is 7.82. The molecule has 0 fully saturated rings. The molecule has 0 unspecified atom stereocenters. The van der Waals surface area contributed by atoms with Crippen LogP contribution in [-0.4, -0.2) is 35.9 Å². The molecule has 0 aliphatic heterocycles. The third kappa shape index (κ3) is 6.91. The molecule has 0 bridgehead atoms. The average molecular weight is 449 g/mol. The lowest BCUT2D eigenvalue weighted by molar-refractivity contribution is -0.142. The smallest absolute Gasteiger partial charge is 0.261 e. The number of nitrogens with zero attached hydrogens (tertiary/aromatic N) is 1. The molecule has 3 aromatic carbocycles. The number of nitrogens with one attached hydrogen (secondary N) is 1. The summed E-state index contributed by atoms with van der Waals surface area (Å²) in [5.74, 6) is -0.551. The molecule has 0 spiro atoms. The Morgan fingerprint density at radius 1 is 1.00 bits per heavy atom. The van der Waals surface area contributed by atoms with E-state index >= 15 is 0 Å². The summed E-state index contributed by atoms with van der Waals surface area (Å²) in [5.41, 5.74) is 2.25. The van der Waals surface area contributed by atoms with Crippen LogP contribution >= 0.6 is 0 Å². The quantitative estimate of drug-likeness (QED) is 0.503. The van der Waals surface area contributed by atoms with Gasteiger partial charge in [0.05, 0.1) is 0 Å². The molecule has 172 valence electrons. The Balaban J connectivity index is 1.90. The van der Waals surface area contributed by atoms with Crippen molar-refractivity contribution in [1.29, 1.82) is 0 Å². The Bertz CT molecular complexity index is 1070. The SMILES string of the molecule is CCNC(=O)[C@H](Cc1ccccc1)N(Cc1ccccc1F)C(=O)COc1cccc(C)c1. The maximum atomic E-state index is 14.5. The molecule has 5 nitrogen and oxygen atoms in total. The Kier molecular flexibility index (Phi) is 8.58. The van der Waals surface area contributed by atoms with Crippen LogP contribution in [0.25, 0.3) is 0 Å². The number of hydrogen-bond acceptors (Lipinski definition) is 3. The van der Waals surface area contributed by atoms with E-state index in [1.54, 1.807) is 24.3 Å². The van der Waals surface area contributed by atoms with E-state index in [-0.39, 0.29) is 19.1 Å². The Morgan fingerprint density at radius 3 is 2.42 bits per heavy atom. The van der Waals surface area contributed by atoms with Crippen LogP contribution in [0.4, 0.5) is 4.39 Å². The lowest BCUT2D eigenvalue weighted by atomic mass is 10.0. The van der Waals surface area contributed by atoms with Crippen molar-refractivity contribution in [2.75, 3.05) is 13.2 Å². The Labute approximate surface area is 194 Å². The first-order chi connectivity index (χ1) is 16.0. The van der Waals surface area contributed by atoms with Gasteiger partial charge in [-0.25, -0.2) is 4.39 Å². The van der Waals surface area contributed by atoms with E-state index in [1.807, 2.05) is 62.4 Å². The molecule has 33 heavy (non-hydrogen) atoms. The molecule has 2 amide bonds. The van der Waals surface area contributed by atoms with Gasteiger partial charge < -0.3 is 15.0 Å². The molecule has 0 aliphatic rings. The normalized spacial score (nSPS) is 11.5. The molecule has 1 atom stereocenters. The third-order valence-corrected chi connectivity index (χ3v) is 5.27. The van der Waals surface area contributed by atoms with Crippen LogP contribution in [0.3, 0.4) is 0 Å². The highest BCUT2D eigenvalue weighted by molar-refractivity contribution is 5.88. The van der Waals surface area contributed by atoms with E-state index in [9.17, 15) is 14.0 Å². The molecule has 0 aliphatic carbocycles. The molecular weight excluding hydrogens is 419 g/mol.